The fourth-order valence-corrected chi connectivity index (χ4v) is 2.22. The highest BCUT2D eigenvalue weighted by molar-refractivity contribution is 5.80. The van der Waals surface area contributed by atoms with Gasteiger partial charge in [0.2, 0.25) is 5.91 Å². The average Bonchev–Trinajstić information content (AvgIpc) is 2.44. The Bertz CT molecular complexity index is 572. The summed E-state index contributed by atoms with van der Waals surface area (Å²) in [6, 6.07) is 2.92. The van der Waals surface area contributed by atoms with E-state index in [-0.39, 0.29) is 17.5 Å². The van der Waals surface area contributed by atoms with Crippen LogP contribution in [0.1, 0.15) is 5.56 Å². The molecule has 2 N–H and O–H groups in total. The normalized spacial score (nSPS) is 14.1. The summed E-state index contributed by atoms with van der Waals surface area (Å²) in [5, 5.41) is 17.0. The van der Waals surface area contributed by atoms with Gasteiger partial charge in [0, 0.05) is 25.2 Å². The van der Waals surface area contributed by atoms with E-state index in [1.807, 2.05) is 0 Å². The van der Waals surface area contributed by atoms with Gasteiger partial charge in [0.05, 0.1) is 31.1 Å². The standard InChI is InChI=1S/C14H19N3O5/c1-21-12-5-9(11(17(19)20)6-13(12)22-2)3-4-16-14(18)10-7-15-8-10/h5-6,10,15H,3-4,7-8H2,1-2H3,(H,16,18). The predicted molar refractivity (Wildman–Crippen MR) is 79.3 cm³/mol. The number of hydrogen-bond acceptors (Lipinski definition) is 6. The lowest BCUT2D eigenvalue weighted by Crippen LogP contribution is -2.51. The SMILES string of the molecule is COc1cc(CCNC(=O)C2CNC2)c([N+](=O)[O-])cc1OC. The Morgan fingerprint density at radius 1 is 1.36 bits per heavy atom. The second-order valence-corrected chi connectivity index (χ2v) is 4.99. The summed E-state index contributed by atoms with van der Waals surface area (Å²) in [5.74, 6) is 0.711. The van der Waals surface area contributed by atoms with Gasteiger partial charge in [-0.3, -0.25) is 14.9 Å². The second-order valence-electron chi connectivity index (χ2n) is 4.99. The van der Waals surface area contributed by atoms with Gasteiger partial charge in [-0.15, -0.1) is 0 Å². The van der Waals surface area contributed by atoms with Crippen LogP contribution in [0.4, 0.5) is 5.69 Å². The summed E-state index contributed by atoms with van der Waals surface area (Å²) in [4.78, 5) is 22.4. The van der Waals surface area contributed by atoms with E-state index in [0.29, 0.717) is 43.1 Å². The van der Waals surface area contributed by atoms with Crippen molar-refractivity contribution in [2.24, 2.45) is 5.92 Å². The third kappa shape index (κ3) is 3.45. The largest absolute Gasteiger partial charge is 0.493 e. The van der Waals surface area contributed by atoms with Crippen LogP contribution in [-0.2, 0) is 11.2 Å². The molecule has 1 heterocycles. The molecule has 2 rings (SSSR count). The highest BCUT2D eigenvalue weighted by atomic mass is 16.6. The van der Waals surface area contributed by atoms with E-state index in [9.17, 15) is 14.9 Å². The van der Waals surface area contributed by atoms with Crippen molar-refractivity contribution in [3.05, 3.63) is 27.8 Å². The van der Waals surface area contributed by atoms with Crippen molar-refractivity contribution in [1.82, 2.24) is 10.6 Å². The van der Waals surface area contributed by atoms with Crippen LogP contribution in [-0.4, -0.2) is 44.7 Å². The number of methoxy groups -OCH3 is 2. The molecule has 1 aliphatic heterocycles. The van der Waals surface area contributed by atoms with Crippen molar-refractivity contribution >= 4 is 11.6 Å². The van der Waals surface area contributed by atoms with E-state index in [1.165, 1.54) is 20.3 Å². The van der Waals surface area contributed by atoms with Crippen LogP contribution in [0.25, 0.3) is 0 Å². The number of nitrogens with one attached hydrogen (secondary N) is 2. The summed E-state index contributed by atoms with van der Waals surface area (Å²) in [5.41, 5.74) is 0.451. The molecule has 0 bridgehead atoms. The fraction of sp³-hybridized carbons (Fsp3) is 0.500. The third-order valence-electron chi connectivity index (χ3n) is 3.63. The molecule has 1 saturated heterocycles. The first kappa shape index (κ1) is 16.0. The van der Waals surface area contributed by atoms with Crippen LogP contribution in [0.3, 0.4) is 0 Å². The molecule has 8 heteroatoms. The van der Waals surface area contributed by atoms with Crippen LogP contribution in [0.15, 0.2) is 12.1 Å². The highest BCUT2D eigenvalue weighted by Gasteiger charge is 2.25. The summed E-state index contributed by atoms with van der Waals surface area (Å²) < 4.78 is 10.2. The van der Waals surface area contributed by atoms with Gasteiger partial charge in [0.25, 0.3) is 5.69 Å². The van der Waals surface area contributed by atoms with Gasteiger partial charge < -0.3 is 20.1 Å². The van der Waals surface area contributed by atoms with E-state index >= 15 is 0 Å². The number of carbonyl (C=O) groups is 1. The van der Waals surface area contributed by atoms with Gasteiger partial charge in [-0.2, -0.15) is 0 Å². The number of amides is 1. The van der Waals surface area contributed by atoms with Crippen molar-refractivity contribution in [3.8, 4) is 11.5 Å². The molecule has 0 radical (unpaired) electrons. The van der Waals surface area contributed by atoms with Crippen molar-refractivity contribution < 1.29 is 19.2 Å². The second kappa shape index (κ2) is 7.08. The third-order valence-corrected chi connectivity index (χ3v) is 3.63. The number of carbonyl (C=O) groups excluding carboxylic acids is 1. The van der Waals surface area contributed by atoms with Gasteiger partial charge in [-0.25, -0.2) is 0 Å². The maximum Gasteiger partial charge on any atom is 0.276 e. The Morgan fingerprint density at radius 3 is 2.50 bits per heavy atom. The molecule has 0 spiro atoms. The molecule has 1 aromatic rings. The maximum absolute atomic E-state index is 11.7. The van der Waals surface area contributed by atoms with Gasteiger partial charge in [0.15, 0.2) is 11.5 Å². The molecular weight excluding hydrogens is 290 g/mol. The molecule has 1 aliphatic rings. The summed E-state index contributed by atoms with van der Waals surface area (Å²) in [7, 11) is 2.90. The number of hydrogen-bond donors (Lipinski definition) is 2. The van der Waals surface area contributed by atoms with Crippen LogP contribution in [0.5, 0.6) is 11.5 Å². The van der Waals surface area contributed by atoms with Crippen LogP contribution < -0.4 is 20.1 Å². The monoisotopic (exact) mass is 309 g/mol. The van der Waals surface area contributed by atoms with E-state index in [0.717, 1.165) is 0 Å². The lowest BCUT2D eigenvalue weighted by Gasteiger charge is -2.25. The first-order chi connectivity index (χ1) is 10.6. The Balaban J connectivity index is 2.07. The van der Waals surface area contributed by atoms with Crippen molar-refractivity contribution in [1.29, 1.82) is 0 Å². The van der Waals surface area contributed by atoms with E-state index in [4.69, 9.17) is 9.47 Å². The number of ether oxygens (including phenoxy) is 2. The Labute approximate surface area is 127 Å². The smallest absolute Gasteiger partial charge is 0.276 e. The number of nitrogens with zero attached hydrogens (tertiary/aromatic N) is 1. The molecule has 0 atom stereocenters. The lowest BCUT2D eigenvalue weighted by molar-refractivity contribution is -0.385. The molecule has 120 valence electrons. The van der Waals surface area contributed by atoms with E-state index < -0.39 is 4.92 Å². The minimum Gasteiger partial charge on any atom is -0.493 e. The molecule has 0 unspecified atom stereocenters. The average molecular weight is 309 g/mol. The zero-order valence-corrected chi connectivity index (χ0v) is 12.5. The zero-order valence-electron chi connectivity index (χ0n) is 12.5. The minimum absolute atomic E-state index is 0.000360. The first-order valence-electron chi connectivity index (χ1n) is 6.94. The van der Waals surface area contributed by atoms with Gasteiger partial charge >= 0.3 is 0 Å². The molecule has 1 amide bonds. The molecule has 1 aromatic carbocycles. The molecule has 0 saturated carbocycles. The minimum atomic E-state index is -0.463. The zero-order chi connectivity index (χ0) is 16.1. The van der Waals surface area contributed by atoms with Crippen molar-refractivity contribution in [2.45, 2.75) is 6.42 Å². The van der Waals surface area contributed by atoms with E-state index in [2.05, 4.69) is 10.6 Å². The number of nitro groups is 1. The summed E-state index contributed by atoms with van der Waals surface area (Å²) in [6.07, 6.45) is 0.350. The Hall–Kier alpha value is -2.35. The van der Waals surface area contributed by atoms with Crippen LogP contribution >= 0.6 is 0 Å². The van der Waals surface area contributed by atoms with Gasteiger partial charge in [-0.05, 0) is 12.5 Å². The van der Waals surface area contributed by atoms with Gasteiger partial charge in [-0.1, -0.05) is 0 Å². The molecule has 0 aromatic heterocycles. The van der Waals surface area contributed by atoms with Crippen LogP contribution in [0, 0.1) is 16.0 Å². The topological polar surface area (TPSA) is 103 Å². The first-order valence-corrected chi connectivity index (χ1v) is 6.94. The number of rotatable bonds is 7. The Kier molecular flexibility index (Phi) is 5.16. The fourth-order valence-electron chi connectivity index (χ4n) is 2.22. The van der Waals surface area contributed by atoms with Crippen molar-refractivity contribution in [2.75, 3.05) is 33.9 Å². The molecule has 8 nitrogen and oxygen atoms in total. The Morgan fingerprint density at radius 2 is 2.00 bits per heavy atom. The maximum atomic E-state index is 11.7. The predicted octanol–water partition coefficient (Wildman–Crippen LogP) is 0.490. The summed E-state index contributed by atoms with van der Waals surface area (Å²) in [6.45, 7) is 1.70. The summed E-state index contributed by atoms with van der Waals surface area (Å²) >= 11 is 0. The van der Waals surface area contributed by atoms with Gasteiger partial charge in [0.1, 0.15) is 0 Å². The quantitative estimate of drug-likeness (QED) is 0.561. The molecular formula is C14H19N3O5. The molecule has 1 fully saturated rings. The lowest BCUT2D eigenvalue weighted by atomic mass is 10.0. The van der Waals surface area contributed by atoms with E-state index in [1.54, 1.807) is 6.07 Å². The molecule has 22 heavy (non-hydrogen) atoms. The molecule has 0 aliphatic carbocycles. The number of nitro benzene ring substituents is 1. The number of benzene rings is 1. The van der Waals surface area contributed by atoms with Crippen molar-refractivity contribution in [3.63, 3.8) is 0 Å². The van der Waals surface area contributed by atoms with Crippen LogP contribution in [0.2, 0.25) is 0 Å². The highest BCUT2D eigenvalue weighted by Crippen LogP contribution is 2.34.